The molecule has 1 atom stereocenters. The van der Waals surface area contributed by atoms with Crippen molar-refractivity contribution in [3.05, 3.63) is 63.2 Å². The van der Waals surface area contributed by atoms with Gasteiger partial charge in [0.1, 0.15) is 11.6 Å². The lowest BCUT2D eigenvalue weighted by Crippen LogP contribution is -2.51. The van der Waals surface area contributed by atoms with E-state index in [0.717, 1.165) is 23.1 Å². The molecule has 0 aliphatic carbocycles. The monoisotopic (exact) mass is 449 g/mol. The first kappa shape index (κ1) is 23.9. The van der Waals surface area contributed by atoms with Gasteiger partial charge in [0.15, 0.2) is 0 Å². The van der Waals surface area contributed by atoms with Gasteiger partial charge < -0.3 is 10.2 Å². The predicted molar refractivity (Wildman–Crippen MR) is 134 cm³/mol. The van der Waals surface area contributed by atoms with Crippen LogP contribution in [-0.4, -0.2) is 17.5 Å². The molecule has 0 saturated heterocycles. The minimum absolute atomic E-state index is 0.0664. The number of nitrogens with one attached hydrogen (secondary N) is 1. The molecule has 2 aromatic carbocycles. The molecule has 5 heteroatoms. The topological polar surface area (TPSA) is 56.1 Å². The van der Waals surface area contributed by atoms with Crippen molar-refractivity contribution >= 4 is 35.0 Å². The summed E-state index contributed by atoms with van der Waals surface area (Å²) in [6.45, 7) is 15.2. The van der Waals surface area contributed by atoms with Gasteiger partial charge in [-0.25, -0.2) is 0 Å². The SMILES string of the molecule is Cc1cc2c(cc1/C=C(/C#N)C(=O)Nc1cccc(Cl)c1C)[C@@H](C)CC(C)(C)N2C(C)C. The molecule has 3 rings (SSSR count). The molecule has 1 aliphatic rings. The standard InChI is InChI=1S/C27H32ClN3O/c1-16(2)31-25-11-17(3)20(13-22(25)18(4)14-27(31,6)7)12-21(15-29)26(32)30-24-10-8-9-23(28)19(24)5/h8-13,16,18H,14H2,1-7H3,(H,30,32)/b21-12-/t18-/m0/s1. The van der Waals surface area contributed by atoms with Crippen LogP contribution in [0.1, 0.15) is 69.2 Å². The van der Waals surface area contributed by atoms with Gasteiger partial charge in [0.2, 0.25) is 0 Å². The van der Waals surface area contributed by atoms with Crippen LogP contribution in [-0.2, 0) is 4.79 Å². The highest BCUT2D eigenvalue weighted by Gasteiger charge is 2.37. The van der Waals surface area contributed by atoms with Crippen LogP contribution in [0.25, 0.3) is 6.08 Å². The summed E-state index contributed by atoms with van der Waals surface area (Å²) in [5.74, 6) is -0.0517. The highest BCUT2D eigenvalue weighted by atomic mass is 35.5. The molecule has 0 aromatic heterocycles. The van der Waals surface area contributed by atoms with Gasteiger partial charge in [0.05, 0.1) is 0 Å². The Labute approximate surface area is 196 Å². The van der Waals surface area contributed by atoms with E-state index in [0.29, 0.717) is 22.7 Å². The highest BCUT2D eigenvalue weighted by molar-refractivity contribution is 6.31. The number of rotatable bonds is 4. The number of nitrogens with zero attached hydrogens (tertiary/aromatic N) is 2. The average Bonchev–Trinajstić information content (AvgIpc) is 2.69. The van der Waals surface area contributed by atoms with Crippen molar-refractivity contribution in [2.24, 2.45) is 0 Å². The summed E-state index contributed by atoms with van der Waals surface area (Å²) in [6, 6.07) is 12.1. The van der Waals surface area contributed by atoms with E-state index < -0.39 is 5.91 Å². The molecule has 0 radical (unpaired) electrons. The zero-order valence-corrected chi connectivity index (χ0v) is 20.8. The largest absolute Gasteiger partial charge is 0.364 e. The van der Waals surface area contributed by atoms with E-state index in [-0.39, 0.29) is 11.1 Å². The van der Waals surface area contributed by atoms with Crippen molar-refractivity contribution in [2.75, 3.05) is 10.2 Å². The van der Waals surface area contributed by atoms with Crippen molar-refractivity contribution in [3.63, 3.8) is 0 Å². The van der Waals surface area contributed by atoms with Gasteiger partial charge in [-0.2, -0.15) is 5.26 Å². The van der Waals surface area contributed by atoms with E-state index >= 15 is 0 Å². The number of amides is 1. The number of anilines is 2. The van der Waals surface area contributed by atoms with Gasteiger partial charge >= 0.3 is 0 Å². The number of fused-ring (bicyclic) bond motifs is 1. The van der Waals surface area contributed by atoms with Crippen LogP contribution in [0.15, 0.2) is 35.9 Å². The van der Waals surface area contributed by atoms with Crippen LogP contribution < -0.4 is 10.2 Å². The molecule has 32 heavy (non-hydrogen) atoms. The lowest BCUT2D eigenvalue weighted by Gasteiger charge is -2.50. The molecule has 0 unspecified atom stereocenters. The summed E-state index contributed by atoms with van der Waals surface area (Å²) in [6.07, 6.45) is 2.74. The normalized spacial score (nSPS) is 17.7. The zero-order chi connectivity index (χ0) is 23.8. The molecular formula is C27H32ClN3O. The van der Waals surface area contributed by atoms with Crippen LogP contribution in [0.3, 0.4) is 0 Å². The Morgan fingerprint density at radius 2 is 2.00 bits per heavy atom. The molecule has 1 heterocycles. The third-order valence-electron chi connectivity index (χ3n) is 6.36. The highest BCUT2D eigenvalue weighted by Crippen LogP contribution is 2.45. The maximum Gasteiger partial charge on any atom is 0.266 e. The summed E-state index contributed by atoms with van der Waals surface area (Å²) in [7, 11) is 0. The Kier molecular flexibility index (Phi) is 6.72. The number of nitriles is 1. The van der Waals surface area contributed by atoms with E-state index in [1.165, 1.54) is 11.3 Å². The lowest BCUT2D eigenvalue weighted by atomic mass is 9.78. The van der Waals surface area contributed by atoms with Crippen molar-refractivity contribution < 1.29 is 4.79 Å². The molecule has 1 amide bonds. The quantitative estimate of drug-likeness (QED) is 0.403. The van der Waals surface area contributed by atoms with E-state index in [2.05, 4.69) is 63.0 Å². The number of aryl methyl sites for hydroxylation is 1. The number of hydrogen-bond acceptors (Lipinski definition) is 3. The third kappa shape index (κ3) is 4.54. The van der Waals surface area contributed by atoms with Crippen LogP contribution in [0.5, 0.6) is 0 Å². The molecular weight excluding hydrogens is 418 g/mol. The molecule has 1 N–H and O–H groups in total. The van der Waals surface area contributed by atoms with Gasteiger partial charge in [0.25, 0.3) is 5.91 Å². The fraction of sp³-hybridized carbons (Fsp3) is 0.407. The smallest absolute Gasteiger partial charge is 0.266 e. The Balaban J connectivity index is 2.01. The van der Waals surface area contributed by atoms with Crippen LogP contribution >= 0.6 is 11.6 Å². The molecule has 2 aromatic rings. The van der Waals surface area contributed by atoms with Gasteiger partial charge in [-0.05, 0) is 106 Å². The van der Waals surface area contributed by atoms with Crippen molar-refractivity contribution in [1.29, 1.82) is 5.26 Å². The number of halogens is 1. The van der Waals surface area contributed by atoms with Gasteiger partial charge in [0, 0.05) is 28.0 Å². The molecule has 1 aliphatic heterocycles. The molecule has 168 valence electrons. The summed E-state index contributed by atoms with van der Waals surface area (Å²) in [5.41, 5.74) is 5.96. The lowest BCUT2D eigenvalue weighted by molar-refractivity contribution is -0.112. The van der Waals surface area contributed by atoms with Crippen LogP contribution in [0, 0.1) is 25.2 Å². The van der Waals surface area contributed by atoms with E-state index in [1.807, 2.05) is 13.8 Å². The number of benzene rings is 2. The van der Waals surface area contributed by atoms with Crippen molar-refractivity contribution in [1.82, 2.24) is 0 Å². The predicted octanol–water partition coefficient (Wildman–Crippen LogP) is 7.00. The minimum atomic E-state index is -0.437. The second-order valence-corrected chi connectivity index (χ2v) is 10.1. The van der Waals surface area contributed by atoms with Gasteiger partial charge in [-0.1, -0.05) is 24.6 Å². The van der Waals surface area contributed by atoms with E-state index in [1.54, 1.807) is 24.3 Å². The second kappa shape index (κ2) is 9.00. The molecule has 0 fully saturated rings. The number of carbonyl (C=O) groups is 1. The number of carbonyl (C=O) groups excluding carboxylic acids is 1. The summed E-state index contributed by atoms with van der Waals surface area (Å²) in [4.78, 5) is 15.3. The fourth-order valence-corrected chi connectivity index (χ4v) is 5.16. The Hall–Kier alpha value is -2.77. The van der Waals surface area contributed by atoms with Gasteiger partial charge in [-0.3, -0.25) is 4.79 Å². The summed E-state index contributed by atoms with van der Waals surface area (Å²) >= 11 is 6.16. The first-order chi connectivity index (χ1) is 15.0. The zero-order valence-electron chi connectivity index (χ0n) is 20.0. The Morgan fingerprint density at radius 3 is 2.62 bits per heavy atom. The average molecular weight is 450 g/mol. The Morgan fingerprint density at radius 1 is 1.31 bits per heavy atom. The first-order valence-corrected chi connectivity index (χ1v) is 11.5. The molecule has 0 spiro atoms. The number of hydrogen-bond donors (Lipinski definition) is 1. The summed E-state index contributed by atoms with van der Waals surface area (Å²) in [5, 5.41) is 13.1. The maximum absolute atomic E-state index is 12.8. The van der Waals surface area contributed by atoms with Gasteiger partial charge in [-0.15, -0.1) is 0 Å². The molecule has 4 nitrogen and oxygen atoms in total. The minimum Gasteiger partial charge on any atom is -0.364 e. The summed E-state index contributed by atoms with van der Waals surface area (Å²) < 4.78 is 0. The van der Waals surface area contributed by atoms with E-state index in [4.69, 9.17) is 11.6 Å². The molecule has 0 bridgehead atoms. The second-order valence-electron chi connectivity index (χ2n) is 9.69. The van der Waals surface area contributed by atoms with Crippen LogP contribution in [0.2, 0.25) is 5.02 Å². The van der Waals surface area contributed by atoms with Crippen molar-refractivity contribution in [2.45, 2.75) is 72.4 Å². The third-order valence-corrected chi connectivity index (χ3v) is 6.77. The van der Waals surface area contributed by atoms with Crippen LogP contribution in [0.4, 0.5) is 11.4 Å². The van der Waals surface area contributed by atoms with E-state index in [9.17, 15) is 10.1 Å². The fourth-order valence-electron chi connectivity index (χ4n) is 4.98. The van der Waals surface area contributed by atoms with Crippen molar-refractivity contribution in [3.8, 4) is 6.07 Å². The Bertz CT molecular complexity index is 1120. The maximum atomic E-state index is 12.8. The molecule has 0 saturated carbocycles. The first-order valence-electron chi connectivity index (χ1n) is 11.1.